The maximum atomic E-state index is 6.13. The van der Waals surface area contributed by atoms with Crippen molar-refractivity contribution in [1.82, 2.24) is 10.1 Å². The molecule has 1 fully saturated rings. The Hall–Kier alpha value is -1.37. The summed E-state index contributed by atoms with van der Waals surface area (Å²) in [6.07, 6.45) is 0.609. The fourth-order valence-electron chi connectivity index (χ4n) is 2.12. The van der Waals surface area contributed by atoms with Crippen LogP contribution >= 0.6 is 11.8 Å². The van der Waals surface area contributed by atoms with Crippen LogP contribution in [0.2, 0.25) is 0 Å². The van der Waals surface area contributed by atoms with Gasteiger partial charge in [0.25, 0.3) is 0 Å². The molecule has 6 heteroatoms. The first kappa shape index (κ1) is 13.6. The minimum Gasteiger partial charge on any atom is -0.368 e. The summed E-state index contributed by atoms with van der Waals surface area (Å²) in [6.45, 7) is 0.731. The number of aromatic nitrogens is 2. The first-order valence-corrected chi connectivity index (χ1v) is 7.81. The minimum absolute atomic E-state index is 0.0739. The van der Waals surface area contributed by atoms with Crippen LogP contribution in [0, 0.1) is 0 Å². The van der Waals surface area contributed by atoms with Gasteiger partial charge in [0, 0.05) is 11.5 Å². The zero-order valence-corrected chi connectivity index (χ0v) is 11.9. The average Bonchev–Trinajstić information content (AvgIpc) is 2.99. The average molecular weight is 291 g/mol. The quantitative estimate of drug-likeness (QED) is 0.930. The molecule has 0 saturated carbocycles. The SMILES string of the molecule is N[C@H](Cc1ccccc1)c1nc(C2CSCCO2)no1. The molecular weight excluding hydrogens is 274 g/mol. The minimum atomic E-state index is -0.283. The molecule has 1 unspecified atom stereocenters. The van der Waals surface area contributed by atoms with Gasteiger partial charge in [-0.05, 0) is 12.0 Å². The summed E-state index contributed by atoms with van der Waals surface area (Å²) in [5.74, 6) is 2.97. The van der Waals surface area contributed by atoms with E-state index in [-0.39, 0.29) is 12.1 Å². The largest absolute Gasteiger partial charge is 0.368 e. The van der Waals surface area contributed by atoms with Crippen molar-refractivity contribution in [3.63, 3.8) is 0 Å². The number of benzene rings is 1. The molecule has 1 saturated heterocycles. The molecule has 2 heterocycles. The van der Waals surface area contributed by atoms with Crippen molar-refractivity contribution < 1.29 is 9.26 Å². The lowest BCUT2D eigenvalue weighted by molar-refractivity contribution is 0.0677. The molecule has 1 aliphatic heterocycles. The number of nitrogens with zero attached hydrogens (tertiary/aromatic N) is 2. The summed E-state index contributed by atoms with van der Waals surface area (Å²) >= 11 is 1.84. The Labute approximate surface area is 121 Å². The van der Waals surface area contributed by atoms with Crippen LogP contribution in [0.15, 0.2) is 34.9 Å². The van der Waals surface area contributed by atoms with Crippen molar-refractivity contribution in [1.29, 1.82) is 0 Å². The van der Waals surface area contributed by atoms with Gasteiger partial charge in [-0.2, -0.15) is 16.7 Å². The highest BCUT2D eigenvalue weighted by Crippen LogP contribution is 2.25. The Balaban J connectivity index is 1.66. The molecule has 0 amide bonds. The lowest BCUT2D eigenvalue weighted by Crippen LogP contribution is -2.17. The number of hydrogen-bond acceptors (Lipinski definition) is 6. The van der Waals surface area contributed by atoms with Gasteiger partial charge in [-0.15, -0.1) is 0 Å². The summed E-state index contributed by atoms with van der Waals surface area (Å²) < 4.78 is 10.9. The number of rotatable bonds is 4. The molecule has 0 bridgehead atoms. The summed E-state index contributed by atoms with van der Waals surface area (Å²) in [7, 11) is 0. The normalized spacial score (nSPS) is 20.8. The molecule has 3 rings (SSSR count). The van der Waals surface area contributed by atoms with E-state index in [2.05, 4.69) is 10.1 Å². The molecule has 2 aromatic rings. The predicted octanol–water partition coefficient (Wildman–Crippen LogP) is 2.12. The predicted molar refractivity (Wildman–Crippen MR) is 77.4 cm³/mol. The smallest absolute Gasteiger partial charge is 0.243 e. The van der Waals surface area contributed by atoms with E-state index in [1.807, 2.05) is 42.1 Å². The third-order valence-corrected chi connectivity index (χ3v) is 4.17. The van der Waals surface area contributed by atoms with Crippen molar-refractivity contribution in [2.45, 2.75) is 18.6 Å². The van der Waals surface area contributed by atoms with Crippen LogP contribution in [0.1, 0.15) is 29.4 Å². The third-order valence-electron chi connectivity index (χ3n) is 3.18. The lowest BCUT2D eigenvalue weighted by atomic mass is 10.1. The van der Waals surface area contributed by atoms with Crippen LogP contribution in [-0.4, -0.2) is 28.3 Å². The molecule has 0 radical (unpaired) electrons. The second-order valence-corrected chi connectivity index (χ2v) is 5.87. The maximum Gasteiger partial charge on any atom is 0.243 e. The Morgan fingerprint density at radius 2 is 2.20 bits per heavy atom. The Morgan fingerprint density at radius 3 is 2.95 bits per heavy atom. The molecule has 0 aliphatic carbocycles. The summed E-state index contributed by atoms with van der Waals surface area (Å²) in [4.78, 5) is 4.39. The van der Waals surface area contributed by atoms with Crippen LogP contribution in [-0.2, 0) is 11.2 Å². The summed E-state index contributed by atoms with van der Waals surface area (Å²) in [5, 5.41) is 4.00. The van der Waals surface area contributed by atoms with Gasteiger partial charge in [-0.3, -0.25) is 0 Å². The second-order valence-electron chi connectivity index (χ2n) is 4.72. The maximum absolute atomic E-state index is 6.13. The van der Waals surface area contributed by atoms with E-state index in [4.69, 9.17) is 15.0 Å². The first-order valence-electron chi connectivity index (χ1n) is 6.65. The van der Waals surface area contributed by atoms with Crippen molar-refractivity contribution >= 4 is 11.8 Å². The molecule has 1 aromatic heterocycles. The Kier molecular flexibility index (Phi) is 4.34. The molecule has 2 N–H and O–H groups in total. The van der Waals surface area contributed by atoms with E-state index in [1.165, 1.54) is 0 Å². The monoisotopic (exact) mass is 291 g/mol. The number of nitrogens with two attached hydrogens (primary N) is 1. The Morgan fingerprint density at radius 1 is 1.35 bits per heavy atom. The van der Waals surface area contributed by atoms with Crippen LogP contribution in [0.5, 0.6) is 0 Å². The van der Waals surface area contributed by atoms with Gasteiger partial charge < -0.3 is 15.0 Å². The van der Waals surface area contributed by atoms with Gasteiger partial charge in [0.15, 0.2) is 0 Å². The van der Waals surface area contributed by atoms with Crippen LogP contribution in [0.4, 0.5) is 0 Å². The molecule has 5 nitrogen and oxygen atoms in total. The zero-order chi connectivity index (χ0) is 13.8. The zero-order valence-electron chi connectivity index (χ0n) is 11.1. The summed E-state index contributed by atoms with van der Waals surface area (Å²) in [6, 6.07) is 9.77. The van der Waals surface area contributed by atoms with E-state index in [0.29, 0.717) is 18.1 Å². The van der Waals surface area contributed by atoms with Crippen LogP contribution < -0.4 is 5.73 Å². The standard InChI is InChI=1S/C14H17N3O2S/c15-11(8-10-4-2-1-3-5-10)14-16-13(17-19-14)12-9-20-7-6-18-12/h1-5,11-12H,6-9,15H2/t11-,12?/m1/s1. The van der Waals surface area contributed by atoms with E-state index >= 15 is 0 Å². The first-order chi connectivity index (χ1) is 9.83. The highest BCUT2D eigenvalue weighted by molar-refractivity contribution is 7.99. The van der Waals surface area contributed by atoms with Crippen molar-refractivity contribution in [2.75, 3.05) is 18.1 Å². The van der Waals surface area contributed by atoms with Gasteiger partial charge in [0.1, 0.15) is 6.10 Å². The van der Waals surface area contributed by atoms with E-state index in [0.717, 1.165) is 23.7 Å². The van der Waals surface area contributed by atoms with Crippen molar-refractivity contribution in [3.05, 3.63) is 47.6 Å². The highest BCUT2D eigenvalue weighted by atomic mass is 32.2. The number of hydrogen-bond donors (Lipinski definition) is 1. The van der Waals surface area contributed by atoms with E-state index in [1.54, 1.807) is 0 Å². The van der Waals surface area contributed by atoms with E-state index < -0.39 is 0 Å². The molecular formula is C14H17N3O2S. The lowest BCUT2D eigenvalue weighted by Gasteiger charge is -2.18. The van der Waals surface area contributed by atoms with Gasteiger partial charge in [-0.25, -0.2) is 0 Å². The third kappa shape index (κ3) is 3.20. The molecule has 0 spiro atoms. The Bertz CT molecular complexity index is 540. The topological polar surface area (TPSA) is 74.2 Å². The molecule has 2 atom stereocenters. The van der Waals surface area contributed by atoms with Crippen LogP contribution in [0.3, 0.4) is 0 Å². The van der Waals surface area contributed by atoms with Crippen molar-refractivity contribution in [2.24, 2.45) is 5.73 Å². The van der Waals surface area contributed by atoms with Gasteiger partial charge in [0.05, 0.1) is 12.6 Å². The molecule has 20 heavy (non-hydrogen) atoms. The van der Waals surface area contributed by atoms with Gasteiger partial charge >= 0.3 is 0 Å². The molecule has 1 aromatic carbocycles. The van der Waals surface area contributed by atoms with Crippen molar-refractivity contribution in [3.8, 4) is 0 Å². The van der Waals surface area contributed by atoms with E-state index in [9.17, 15) is 0 Å². The fraction of sp³-hybridized carbons (Fsp3) is 0.429. The number of thioether (sulfide) groups is 1. The van der Waals surface area contributed by atoms with Crippen LogP contribution in [0.25, 0.3) is 0 Å². The number of ether oxygens (including phenoxy) is 1. The molecule has 106 valence electrons. The summed E-state index contributed by atoms with van der Waals surface area (Å²) in [5.41, 5.74) is 7.28. The molecule has 1 aliphatic rings. The van der Waals surface area contributed by atoms with Gasteiger partial charge in [-0.1, -0.05) is 35.5 Å². The van der Waals surface area contributed by atoms with Gasteiger partial charge in [0.2, 0.25) is 11.7 Å². The highest BCUT2D eigenvalue weighted by Gasteiger charge is 2.24. The fourth-order valence-corrected chi connectivity index (χ4v) is 2.96. The second kappa shape index (κ2) is 6.39.